The number of carbonyl (C=O) groups excluding carboxylic acids is 2. The van der Waals surface area contributed by atoms with Gasteiger partial charge >= 0.3 is 0 Å². The maximum absolute atomic E-state index is 13.2. The van der Waals surface area contributed by atoms with E-state index in [1.807, 2.05) is 30.3 Å². The number of nitrogens with two attached hydrogens (primary N) is 1. The summed E-state index contributed by atoms with van der Waals surface area (Å²) in [5.41, 5.74) is 6.81. The second kappa shape index (κ2) is 12.9. The third-order valence-corrected chi connectivity index (χ3v) is 7.54. The first kappa shape index (κ1) is 26.2. The topological polar surface area (TPSA) is 87.5 Å². The molecule has 1 saturated carbocycles. The summed E-state index contributed by atoms with van der Waals surface area (Å²) in [5, 5.41) is 6.47. The Hall–Kier alpha value is -1.45. The summed E-state index contributed by atoms with van der Waals surface area (Å²) in [5.74, 6) is 2.08. The van der Waals surface area contributed by atoms with Crippen molar-refractivity contribution in [1.29, 1.82) is 0 Å². The highest BCUT2D eigenvalue weighted by molar-refractivity contribution is 14.1. The summed E-state index contributed by atoms with van der Waals surface area (Å²) in [6.07, 6.45) is 8.53. The molecule has 4 N–H and O–H groups in total. The minimum atomic E-state index is -0.278. The fraction of sp³-hybridized carbons (Fsp3) is 0.615. The van der Waals surface area contributed by atoms with Crippen LogP contribution < -0.4 is 16.4 Å². The van der Waals surface area contributed by atoms with Crippen molar-refractivity contribution in [1.82, 2.24) is 15.5 Å². The normalized spacial score (nSPS) is 28.7. The van der Waals surface area contributed by atoms with Gasteiger partial charge in [0.05, 0.1) is 6.04 Å². The molecule has 4 atom stereocenters. The lowest BCUT2D eigenvalue weighted by Crippen LogP contribution is -2.50. The molecule has 0 aromatic heterocycles. The molecule has 182 valence electrons. The second-order valence-corrected chi connectivity index (χ2v) is 11.2. The molecule has 1 heterocycles. The maximum Gasteiger partial charge on any atom is 0.244 e. The molecule has 2 fully saturated rings. The molecule has 2 amide bonds. The van der Waals surface area contributed by atoms with Crippen molar-refractivity contribution < 1.29 is 9.59 Å². The van der Waals surface area contributed by atoms with Crippen LogP contribution in [0.15, 0.2) is 30.3 Å². The highest BCUT2D eigenvalue weighted by atomic mass is 127. The minimum Gasteiger partial charge on any atom is -0.351 e. The second-order valence-electron chi connectivity index (χ2n) is 9.98. The largest absolute Gasteiger partial charge is 0.351 e. The highest BCUT2D eigenvalue weighted by Gasteiger charge is 2.33. The van der Waals surface area contributed by atoms with Gasteiger partial charge in [-0.05, 0) is 103 Å². The zero-order valence-corrected chi connectivity index (χ0v) is 22.1. The Morgan fingerprint density at radius 1 is 1.21 bits per heavy atom. The number of halogens is 1. The first-order valence-electron chi connectivity index (χ1n) is 12.3. The van der Waals surface area contributed by atoms with Crippen molar-refractivity contribution >= 4 is 40.5 Å². The summed E-state index contributed by atoms with van der Waals surface area (Å²) in [7, 11) is 0. The molecule has 6 nitrogen and oxygen atoms in total. The van der Waals surface area contributed by atoms with Crippen molar-refractivity contribution in [2.24, 2.45) is 23.5 Å². The van der Waals surface area contributed by atoms with E-state index in [1.54, 1.807) is 6.08 Å². The van der Waals surface area contributed by atoms with Crippen LogP contribution in [0.4, 0.5) is 0 Å². The average Bonchev–Trinajstić information content (AvgIpc) is 2.91. The zero-order valence-electron chi connectivity index (χ0n) is 19.9. The maximum atomic E-state index is 13.2. The molecule has 0 radical (unpaired) electrons. The standard InChI is InChI=1S/C26H39IN4O2/c1-18-13-19(2)15-21(14-18)17-31-12-10-23(30-24(9-11-28)26(31)33)16-29-25(32)8-5-20-3-6-22(27)7-4-20/h3-8,18-19,21,23-24,30H,9-17,28H2,1-2H3,(H,29,32)/b8-5+/t18?,19?,21?,23-,24-/m0/s1. The number of nitrogens with one attached hydrogen (secondary N) is 2. The lowest BCUT2D eigenvalue weighted by molar-refractivity contribution is -0.133. The molecule has 3 rings (SSSR count). The first-order chi connectivity index (χ1) is 15.8. The molecule has 1 saturated heterocycles. The molecule has 1 aliphatic carbocycles. The number of nitrogens with zero attached hydrogens (tertiary/aromatic N) is 1. The number of carbonyl (C=O) groups is 2. The Labute approximate surface area is 212 Å². The number of hydrogen-bond donors (Lipinski definition) is 3. The van der Waals surface area contributed by atoms with Gasteiger partial charge in [-0.2, -0.15) is 0 Å². The zero-order chi connectivity index (χ0) is 23.8. The average molecular weight is 567 g/mol. The number of benzene rings is 1. The summed E-state index contributed by atoms with van der Waals surface area (Å²) < 4.78 is 1.16. The van der Waals surface area contributed by atoms with E-state index in [4.69, 9.17) is 5.73 Å². The molecular weight excluding hydrogens is 527 g/mol. The van der Waals surface area contributed by atoms with Crippen molar-refractivity contribution in [3.05, 3.63) is 39.5 Å². The molecule has 0 spiro atoms. The summed E-state index contributed by atoms with van der Waals surface area (Å²) in [4.78, 5) is 27.7. The summed E-state index contributed by atoms with van der Waals surface area (Å²) in [6.45, 7) is 7.19. The molecule has 7 heteroatoms. The predicted octanol–water partition coefficient (Wildman–Crippen LogP) is 3.40. The van der Waals surface area contributed by atoms with Crippen molar-refractivity contribution in [2.75, 3.05) is 26.2 Å². The van der Waals surface area contributed by atoms with Crippen LogP contribution in [0.1, 0.15) is 51.5 Å². The Morgan fingerprint density at radius 2 is 1.91 bits per heavy atom. The Bertz CT molecular complexity index is 803. The van der Waals surface area contributed by atoms with Crippen LogP contribution in [-0.4, -0.2) is 55.0 Å². The molecule has 2 aliphatic rings. The first-order valence-corrected chi connectivity index (χ1v) is 13.4. The van der Waals surface area contributed by atoms with E-state index in [9.17, 15) is 9.59 Å². The molecule has 33 heavy (non-hydrogen) atoms. The van der Waals surface area contributed by atoms with Crippen molar-refractivity contribution in [3.63, 3.8) is 0 Å². The third-order valence-electron chi connectivity index (χ3n) is 6.82. The van der Waals surface area contributed by atoms with Gasteiger partial charge in [0.2, 0.25) is 11.8 Å². The molecule has 1 aliphatic heterocycles. The molecule has 2 unspecified atom stereocenters. The molecule has 0 bridgehead atoms. The van der Waals surface area contributed by atoms with Crippen LogP contribution >= 0.6 is 22.6 Å². The van der Waals surface area contributed by atoms with Gasteiger partial charge in [-0.1, -0.05) is 26.0 Å². The molecular formula is C26H39IN4O2. The van der Waals surface area contributed by atoms with Gasteiger partial charge in [0, 0.05) is 35.3 Å². The van der Waals surface area contributed by atoms with E-state index in [2.05, 4.69) is 52.0 Å². The van der Waals surface area contributed by atoms with Crippen LogP contribution in [0.2, 0.25) is 0 Å². The van der Waals surface area contributed by atoms with E-state index in [0.29, 0.717) is 25.4 Å². The van der Waals surface area contributed by atoms with Gasteiger partial charge in [-0.25, -0.2) is 0 Å². The van der Waals surface area contributed by atoms with E-state index in [0.717, 1.165) is 40.5 Å². The Balaban J connectivity index is 1.54. The van der Waals surface area contributed by atoms with E-state index < -0.39 is 0 Å². The minimum absolute atomic E-state index is 0.0513. The fourth-order valence-electron chi connectivity index (χ4n) is 5.40. The van der Waals surface area contributed by atoms with E-state index in [1.165, 1.54) is 19.3 Å². The van der Waals surface area contributed by atoms with Crippen LogP contribution in [0, 0.1) is 21.3 Å². The fourth-order valence-corrected chi connectivity index (χ4v) is 5.76. The van der Waals surface area contributed by atoms with Gasteiger partial charge in [0.1, 0.15) is 0 Å². The van der Waals surface area contributed by atoms with E-state index >= 15 is 0 Å². The number of amides is 2. The van der Waals surface area contributed by atoms with E-state index in [-0.39, 0.29) is 23.9 Å². The van der Waals surface area contributed by atoms with Crippen molar-refractivity contribution in [3.8, 4) is 0 Å². The lowest BCUT2D eigenvalue weighted by Gasteiger charge is -2.35. The van der Waals surface area contributed by atoms with Crippen LogP contribution in [0.5, 0.6) is 0 Å². The number of rotatable bonds is 8. The quantitative estimate of drug-likeness (QED) is 0.333. The summed E-state index contributed by atoms with van der Waals surface area (Å²) >= 11 is 2.26. The third kappa shape index (κ3) is 8.37. The van der Waals surface area contributed by atoms with Crippen LogP contribution in [-0.2, 0) is 9.59 Å². The Morgan fingerprint density at radius 3 is 2.58 bits per heavy atom. The van der Waals surface area contributed by atoms with Gasteiger partial charge in [0.15, 0.2) is 0 Å². The molecule has 1 aromatic carbocycles. The summed E-state index contributed by atoms with van der Waals surface area (Å²) in [6, 6.07) is 7.79. The van der Waals surface area contributed by atoms with Crippen molar-refractivity contribution in [2.45, 2.75) is 58.0 Å². The Kier molecular flexibility index (Phi) is 10.2. The monoisotopic (exact) mass is 566 g/mol. The van der Waals surface area contributed by atoms with Gasteiger partial charge in [-0.15, -0.1) is 0 Å². The number of hydrogen-bond acceptors (Lipinski definition) is 4. The van der Waals surface area contributed by atoms with Gasteiger partial charge < -0.3 is 21.3 Å². The lowest BCUT2D eigenvalue weighted by atomic mass is 9.76. The smallest absolute Gasteiger partial charge is 0.244 e. The van der Waals surface area contributed by atoms with Gasteiger partial charge in [0.25, 0.3) is 0 Å². The van der Waals surface area contributed by atoms with Crippen LogP contribution in [0.25, 0.3) is 6.08 Å². The molecule has 1 aromatic rings. The predicted molar refractivity (Wildman–Crippen MR) is 142 cm³/mol. The highest BCUT2D eigenvalue weighted by Crippen LogP contribution is 2.33. The van der Waals surface area contributed by atoms with Crippen LogP contribution in [0.3, 0.4) is 0 Å². The van der Waals surface area contributed by atoms with Gasteiger partial charge in [-0.3, -0.25) is 9.59 Å². The SMILES string of the molecule is CC1CC(C)CC(CN2CC[C@@H](CNC(=O)/C=C/c3ccc(I)cc3)N[C@@H](CCN)C2=O)C1.